The van der Waals surface area contributed by atoms with E-state index in [1.54, 1.807) is 0 Å². The van der Waals surface area contributed by atoms with Gasteiger partial charge in [0, 0.05) is 10.8 Å². The maximum atomic E-state index is 6.77. The van der Waals surface area contributed by atoms with Crippen LogP contribution in [0.15, 0.2) is 158 Å². The molecule has 1 aromatic heterocycles. The molecule has 0 atom stereocenters. The van der Waals surface area contributed by atoms with Gasteiger partial charge in [-0.25, -0.2) is 0 Å². The molecule has 0 unspecified atom stereocenters. The van der Waals surface area contributed by atoms with Gasteiger partial charge >= 0.3 is 0 Å². The summed E-state index contributed by atoms with van der Waals surface area (Å²) in [6.07, 6.45) is 0. The summed E-state index contributed by atoms with van der Waals surface area (Å²) < 4.78 is 2.30. The molecule has 7 aromatic carbocycles. The molecular formula is C42H26ClNSi-. The van der Waals surface area contributed by atoms with Crippen LogP contribution in [-0.2, 0) is 0 Å². The fourth-order valence-corrected chi connectivity index (χ4v) is 14.3. The van der Waals surface area contributed by atoms with Crippen molar-refractivity contribution in [2.75, 3.05) is 0 Å². The molecule has 0 aliphatic carbocycles. The Labute approximate surface area is 267 Å². The van der Waals surface area contributed by atoms with Crippen LogP contribution in [-0.4, -0.2) is 12.6 Å². The Balaban J connectivity index is 1.28. The van der Waals surface area contributed by atoms with Crippen molar-refractivity contribution in [2.24, 2.45) is 0 Å². The zero-order valence-corrected chi connectivity index (χ0v) is 26.1. The number of fused-ring (bicyclic) bond motifs is 13. The van der Waals surface area contributed by atoms with E-state index in [4.69, 9.17) is 11.6 Å². The lowest BCUT2D eigenvalue weighted by molar-refractivity contribution is 1.18. The molecule has 3 heterocycles. The zero-order valence-electron chi connectivity index (χ0n) is 24.3. The molecular weight excluding hydrogens is 582 g/mol. The highest BCUT2D eigenvalue weighted by Gasteiger charge is 2.42. The van der Waals surface area contributed by atoms with Gasteiger partial charge in [-0.15, -0.1) is 0 Å². The van der Waals surface area contributed by atoms with E-state index in [9.17, 15) is 0 Å². The predicted molar refractivity (Wildman–Crippen MR) is 193 cm³/mol. The van der Waals surface area contributed by atoms with Crippen molar-refractivity contribution in [3.8, 4) is 39.1 Å². The number of halogens is 1. The van der Waals surface area contributed by atoms with Crippen molar-refractivity contribution in [3.05, 3.63) is 163 Å². The highest BCUT2D eigenvalue weighted by molar-refractivity contribution is 7.24. The zero-order chi connectivity index (χ0) is 29.7. The summed E-state index contributed by atoms with van der Waals surface area (Å²) in [6, 6.07) is 58.3. The summed E-state index contributed by atoms with van der Waals surface area (Å²) >= 11 is 6.77. The van der Waals surface area contributed by atoms with Crippen LogP contribution in [0, 0.1) is 0 Å². The molecule has 0 bridgehead atoms. The molecule has 0 saturated heterocycles. The van der Waals surface area contributed by atoms with E-state index in [-0.39, 0.29) is 0 Å². The highest BCUT2D eigenvalue weighted by Crippen LogP contribution is 2.42. The molecule has 2 aliphatic heterocycles. The van der Waals surface area contributed by atoms with E-state index in [1.807, 2.05) is 12.1 Å². The molecule has 211 valence electrons. The maximum absolute atomic E-state index is 6.77. The number of rotatable bonds is 2. The summed E-state index contributed by atoms with van der Waals surface area (Å²) in [4.78, 5) is 0. The second-order valence-electron chi connectivity index (χ2n) is 12.2. The van der Waals surface area contributed by atoms with E-state index in [0.29, 0.717) is 0 Å². The smallest absolute Gasteiger partial charge is 0.0648 e. The normalized spacial score (nSPS) is 13.6. The fourth-order valence-electron chi connectivity index (χ4n) is 8.42. The van der Waals surface area contributed by atoms with Crippen LogP contribution in [0.2, 0.25) is 5.02 Å². The van der Waals surface area contributed by atoms with Crippen molar-refractivity contribution in [1.82, 2.24) is 4.57 Å². The van der Waals surface area contributed by atoms with Gasteiger partial charge in [-0.2, -0.15) is 20.7 Å². The number of hydrogen-bond donors (Lipinski definition) is 0. The van der Waals surface area contributed by atoms with Gasteiger partial charge in [0.2, 0.25) is 0 Å². The number of para-hydroxylation sites is 2. The monoisotopic (exact) mass is 607 g/mol. The minimum atomic E-state index is -2.48. The number of benzene rings is 7. The molecule has 3 heteroatoms. The average molecular weight is 608 g/mol. The van der Waals surface area contributed by atoms with E-state index < -0.39 is 8.07 Å². The minimum absolute atomic E-state index is 0.745. The highest BCUT2D eigenvalue weighted by atomic mass is 35.5. The first-order valence-electron chi connectivity index (χ1n) is 15.5. The lowest BCUT2D eigenvalue weighted by atomic mass is 9.94. The van der Waals surface area contributed by atoms with Gasteiger partial charge in [0.15, 0.2) is 0 Å². The van der Waals surface area contributed by atoms with Crippen LogP contribution in [0.5, 0.6) is 0 Å². The minimum Gasteiger partial charge on any atom is -0.308 e. The second-order valence-corrected chi connectivity index (χ2v) is 16.2. The van der Waals surface area contributed by atoms with Gasteiger partial charge in [-0.3, -0.25) is 0 Å². The van der Waals surface area contributed by atoms with Crippen LogP contribution in [0.3, 0.4) is 0 Å². The second kappa shape index (κ2) is 9.18. The third kappa shape index (κ3) is 3.18. The Bertz CT molecular complexity index is 2480. The van der Waals surface area contributed by atoms with Crippen molar-refractivity contribution >= 4 is 62.2 Å². The first kappa shape index (κ1) is 25.2. The summed E-state index contributed by atoms with van der Waals surface area (Å²) in [7, 11) is -2.48. The third-order valence-electron chi connectivity index (χ3n) is 10.1. The Morgan fingerprint density at radius 2 is 0.978 bits per heavy atom. The standard InChI is InChI=1S/C42H26ClNSi/c43-34-17-5-7-19-37(34)44-35-18-6-1-12-29(35)33-26-27(24-25-36(33)44)28-16-11-23-41-42(28)32-15-4-10-22-40(32)45(41)38-20-8-2-13-30(38)31-14-3-9-21-39(31)45/h1-26H/q-1. The van der Waals surface area contributed by atoms with Crippen LogP contribution in [0.4, 0.5) is 0 Å². The third-order valence-corrected chi connectivity index (χ3v) is 15.4. The molecule has 10 rings (SSSR count). The molecule has 1 nitrogen and oxygen atoms in total. The lowest BCUT2D eigenvalue weighted by Gasteiger charge is -2.41. The van der Waals surface area contributed by atoms with Gasteiger partial charge in [0.25, 0.3) is 0 Å². The van der Waals surface area contributed by atoms with Gasteiger partial charge < -0.3 is 4.57 Å². The summed E-state index contributed by atoms with van der Waals surface area (Å²) in [5.41, 5.74) is 11.4. The molecule has 0 N–H and O–H groups in total. The Morgan fingerprint density at radius 3 is 1.73 bits per heavy atom. The molecule has 0 radical (unpaired) electrons. The van der Waals surface area contributed by atoms with E-state index in [2.05, 4.69) is 150 Å². The van der Waals surface area contributed by atoms with E-state index in [0.717, 1.165) is 21.7 Å². The van der Waals surface area contributed by atoms with Gasteiger partial charge in [-0.1, -0.05) is 156 Å². The first-order chi connectivity index (χ1) is 22.3. The lowest BCUT2D eigenvalue weighted by Crippen LogP contribution is -2.70. The molecule has 0 amide bonds. The summed E-state index contributed by atoms with van der Waals surface area (Å²) in [5.74, 6) is 0. The molecule has 8 aromatic rings. The predicted octanol–water partition coefficient (Wildman–Crippen LogP) is 8.44. The molecule has 0 saturated carbocycles. The summed E-state index contributed by atoms with van der Waals surface area (Å²) in [6.45, 7) is 0. The fraction of sp³-hybridized carbons (Fsp3) is 0. The van der Waals surface area contributed by atoms with E-state index >= 15 is 0 Å². The Morgan fingerprint density at radius 1 is 0.422 bits per heavy atom. The number of aromatic nitrogens is 1. The number of nitrogens with zero attached hydrogens (tertiary/aromatic N) is 1. The average Bonchev–Trinajstić information content (AvgIpc) is 3.70. The molecule has 1 spiro atoms. The van der Waals surface area contributed by atoms with Crippen LogP contribution >= 0.6 is 11.6 Å². The van der Waals surface area contributed by atoms with Crippen molar-refractivity contribution in [2.45, 2.75) is 0 Å². The van der Waals surface area contributed by atoms with Gasteiger partial charge in [0.05, 0.1) is 21.7 Å². The Kier molecular flexibility index (Phi) is 5.14. The summed E-state index contributed by atoms with van der Waals surface area (Å²) in [5, 5.41) is 9.22. The first-order valence-corrected chi connectivity index (χ1v) is 17.9. The van der Waals surface area contributed by atoms with Crippen LogP contribution < -0.4 is 20.7 Å². The quantitative estimate of drug-likeness (QED) is 0.174. The van der Waals surface area contributed by atoms with Crippen molar-refractivity contribution in [1.29, 1.82) is 0 Å². The van der Waals surface area contributed by atoms with Crippen LogP contribution in [0.25, 0.3) is 60.9 Å². The Hall–Kier alpha value is -5.15. The largest absolute Gasteiger partial charge is 0.308 e. The molecule has 45 heavy (non-hydrogen) atoms. The topological polar surface area (TPSA) is 4.93 Å². The molecule has 2 aliphatic rings. The van der Waals surface area contributed by atoms with Crippen molar-refractivity contribution < 1.29 is 0 Å². The van der Waals surface area contributed by atoms with Crippen molar-refractivity contribution in [3.63, 3.8) is 0 Å². The number of hydrogen-bond acceptors (Lipinski definition) is 0. The van der Waals surface area contributed by atoms with Crippen LogP contribution in [0.1, 0.15) is 0 Å². The van der Waals surface area contributed by atoms with Gasteiger partial charge in [-0.05, 0) is 55.1 Å². The van der Waals surface area contributed by atoms with E-state index in [1.165, 1.54) is 64.9 Å². The van der Waals surface area contributed by atoms with Gasteiger partial charge in [0.1, 0.15) is 0 Å². The SMILES string of the molecule is Clc1ccccc1-n1c2ccccc2c2cc(-c3cccc4c3-c3ccccc3[Si-]43c4ccccc4-c4ccccc43)ccc21. The molecule has 0 fully saturated rings. The maximum Gasteiger partial charge on any atom is 0.0648 e.